The average Bonchev–Trinajstić information content (AvgIpc) is 2.57. The first-order valence-electron chi connectivity index (χ1n) is 7.90. The van der Waals surface area contributed by atoms with Gasteiger partial charge in [0.25, 0.3) is 0 Å². The number of rotatable bonds is 2. The van der Waals surface area contributed by atoms with Crippen LogP contribution in [0, 0.1) is 29.0 Å². The highest BCUT2D eigenvalue weighted by Crippen LogP contribution is 2.29. The molecule has 0 saturated carbocycles. The molecule has 3 unspecified atom stereocenters. The summed E-state index contributed by atoms with van der Waals surface area (Å²) in [5.74, 6) is -1.51. The standard InChI is InChI=1S/C17H17ClFN3O2/c18-13-2-1-3-14(19)12(13)7-16(23)22-5-4-15-11(9-22)6-10(8-20)17(24)21-15/h1-3,10-11,15H,4-7,9H2,(H,21,24). The molecule has 5 nitrogen and oxygen atoms in total. The van der Waals surface area contributed by atoms with Crippen molar-refractivity contribution in [3.8, 4) is 6.07 Å². The number of amides is 2. The number of halogens is 2. The molecule has 2 fully saturated rings. The predicted octanol–water partition coefficient (Wildman–Crippen LogP) is 1.90. The Labute approximate surface area is 144 Å². The van der Waals surface area contributed by atoms with E-state index in [2.05, 4.69) is 5.32 Å². The third kappa shape index (κ3) is 3.22. The average molecular weight is 350 g/mol. The van der Waals surface area contributed by atoms with Crippen molar-refractivity contribution < 1.29 is 14.0 Å². The molecule has 0 radical (unpaired) electrons. The Bertz CT molecular complexity index is 698. The molecule has 0 aromatic heterocycles. The van der Waals surface area contributed by atoms with Crippen LogP contribution >= 0.6 is 11.6 Å². The number of hydrogen-bond acceptors (Lipinski definition) is 3. The zero-order chi connectivity index (χ0) is 17.3. The number of benzene rings is 1. The first kappa shape index (κ1) is 16.7. The largest absolute Gasteiger partial charge is 0.352 e. The molecule has 2 heterocycles. The van der Waals surface area contributed by atoms with Gasteiger partial charge in [0.2, 0.25) is 11.8 Å². The molecule has 1 aromatic rings. The highest BCUT2D eigenvalue weighted by Gasteiger charge is 2.40. The van der Waals surface area contributed by atoms with Gasteiger partial charge < -0.3 is 10.2 Å². The van der Waals surface area contributed by atoms with E-state index >= 15 is 0 Å². The topological polar surface area (TPSA) is 73.2 Å². The summed E-state index contributed by atoms with van der Waals surface area (Å²) in [5, 5.41) is 12.1. The minimum atomic E-state index is -0.665. The lowest BCUT2D eigenvalue weighted by Gasteiger charge is -2.42. The Kier molecular flexibility index (Phi) is 4.72. The van der Waals surface area contributed by atoms with E-state index in [0.29, 0.717) is 25.9 Å². The van der Waals surface area contributed by atoms with Crippen molar-refractivity contribution in [2.24, 2.45) is 11.8 Å². The minimum absolute atomic E-state index is 0.00296. The number of fused-ring (bicyclic) bond motifs is 1. The van der Waals surface area contributed by atoms with E-state index in [-0.39, 0.29) is 40.8 Å². The van der Waals surface area contributed by atoms with Crippen LogP contribution in [0.2, 0.25) is 5.02 Å². The van der Waals surface area contributed by atoms with Gasteiger partial charge in [-0.2, -0.15) is 5.26 Å². The Hall–Kier alpha value is -2.13. The third-order valence-corrected chi connectivity index (χ3v) is 5.17. The lowest BCUT2D eigenvalue weighted by Crippen LogP contribution is -2.57. The molecular formula is C17H17ClFN3O2. The van der Waals surface area contributed by atoms with Crippen molar-refractivity contribution in [1.29, 1.82) is 5.26 Å². The predicted molar refractivity (Wildman–Crippen MR) is 85.5 cm³/mol. The highest BCUT2D eigenvalue weighted by atomic mass is 35.5. The van der Waals surface area contributed by atoms with Gasteiger partial charge in [-0.25, -0.2) is 4.39 Å². The van der Waals surface area contributed by atoms with Gasteiger partial charge in [0, 0.05) is 29.7 Å². The second kappa shape index (κ2) is 6.78. The quantitative estimate of drug-likeness (QED) is 0.886. The maximum atomic E-state index is 13.8. The first-order valence-corrected chi connectivity index (χ1v) is 8.28. The van der Waals surface area contributed by atoms with Crippen LogP contribution < -0.4 is 5.32 Å². The number of nitrogens with one attached hydrogen (secondary N) is 1. The van der Waals surface area contributed by atoms with Gasteiger partial charge >= 0.3 is 0 Å². The van der Waals surface area contributed by atoms with E-state index in [1.165, 1.54) is 12.1 Å². The van der Waals surface area contributed by atoms with E-state index in [1.54, 1.807) is 11.0 Å². The fourth-order valence-corrected chi connectivity index (χ4v) is 3.69. The number of nitrogens with zero attached hydrogens (tertiary/aromatic N) is 2. The fourth-order valence-electron chi connectivity index (χ4n) is 3.46. The van der Waals surface area contributed by atoms with Gasteiger partial charge in [-0.05, 0) is 30.9 Å². The molecular weight excluding hydrogens is 333 g/mol. The van der Waals surface area contributed by atoms with Crippen molar-refractivity contribution in [1.82, 2.24) is 10.2 Å². The van der Waals surface area contributed by atoms with Gasteiger partial charge in [0.15, 0.2) is 0 Å². The summed E-state index contributed by atoms with van der Waals surface area (Å²) in [4.78, 5) is 25.9. The summed E-state index contributed by atoms with van der Waals surface area (Å²) in [6.07, 6.45) is 1.01. The Morgan fingerprint density at radius 3 is 3.00 bits per heavy atom. The molecule has 1 N–H and O–H groups in total. The summed E-state index contributed by atoms with van der Waals surface area (Å²) in [5.41, 5.74) is 0.207. The summed E-state index contributed by atoms with van der Waals surface area (Å²) in [7, 11) is 0. The van der Waals surface area contributed by atoms with Gasteiger partial charge in [0.05, 0.1) is 12.5 Å². The van der Waals surface area contributed by atoms with Crippen molar-refractivity contribution in [2.75, 3.05) is 13.1 Å². The van der Waals surface area contributed by atoms with Crippen LogP contribution in [-0.2, 0) is 16.0 Å². The molecule has 2 aliphatic rings. The smallest absolute Gasteiger partial charge is 0.237 e. The summed E-state index contributed by atoms with van der Waals surface area (Å²) < 4.78 is 13.8. The molecule has 1 aromatic carbocycles. The summed E-state index contributed by atoms with van der Waals surface area (Å²) >= 11 is 5.98. The van der Waals surface area contributed by atoms with Crippen molar-refractivity contribution in [3.05, 3.63) is 34.6 Å². The molecule has 3 atom stereocenters. The van der Waals surface area contributed by atoms with Gasteiger partial charge in [-0.3, -0.25) is 9.59 Å². The highest BCUT2D eigenvalue weighted by molar-refractivity contribution is 6.31. The van der Waals surface area contributed by atoms with E-state index in [4.69, 9.17) is 16.9 Å². The van der Waals surface area contributed by atoms with Crippen LogP contribution in [0.15, 0.2) is 18.2 Å². The van der Waals surface area contributed by atoms with Crippen molar-refractivity contribution in [3.63, 3.8) is 0 Å². The van der Waals surface area contributed by atoms with E-state index in [0.717, 1.165) is 0 Å². The van der Waals surface area contributed by atoms with Gasteiger partial charge in [-0.1, -0.05) is 17.7 Å². The number of carbonyl (C=O) groups excluding carboxylic acids is 2. The number of hydrogen-bond donors (Lipinski definition) is 1. The molecule has 126 valence electrons. The Morgan fingerprint density at radius 2 is 2.29 bits per heavy atom. The van der Waals surface area contributed by atoms with Crippen LogP contribution in [0.3, 0.4) is 0 Å². The molecule has 0 bridgehead atoms. The number of piperidine rings is 2. The maximum Gasteiger partial charge on any atom is 0.237 e. The first-order chi connectivity index (χ1) is 11.5. The Balaban J connectivity index is 1.67. The van der Waals surface area contributed by atoms with E-state index in [9.17, 15) is 14.0 Å². The van der Waals surface area contributed by atoms with Gasteiger partial charge in [0.1, 0.15) is 11.7 Å². The molecule has 2 amide bonds. The van der Waals surface area contributed by atoms with Gasteiger partial charge in [-0.15, -0.1) is 0 Å². The number of likely N-dealkylation sites (tertiary alicyclic amines) is 1. The second-order valence-corrected chi connectivity index (χ2v) is 6.71. The lowest BCUT2D eigenvalue weighted by molar-refractivity contribution is -0.135. The fraction of sp³-hybridized carbons (Fsp3) is 0.471. The maximum absolute atomic E-state index is 13.8. The minimum Gasteiger partial charge on any atom is -0.352 e. The molecule has 24 heavy (non-hydrogen) atoms. The van der Waals surface area contributed by atoms with E-state index in [1.807, 2.05) is 6.07 Å². The molecule has 7 heteroatoms. The van der Waals surface area contributed by atoms with Crippen molar-refractivity contribution >= 4 is 23.4 Å². The molecule has 2 saturated heterocycles. The molecule has 2 aliphatic heterocycles. The van der Waals surface area contributed by atoms with Crippen LogP contribution in [0.4, 0.5) is 4.39 Å². The summed E-state index contributed by atoms with van der Waals surface area (Å²) in [6.45, 7) is 0.970. The molecule has 0 spiro atoms. The van der Waals surface area contributed by atoms with Crippen LogP contribution in [-0.4, -0.2) is 35.8 Å². The Morgan fingerprint density at radius 1 is 1.50 bits per heavy atom. The van der Waals surface area contributed by atoms with Crippen molar-refractivity contribution in [2.45, 2.75) is 25.3 Å². The third-order valence-electron chi connectivity index (χ3n) is 4.81. The SMILES string of the molecule is N#CC1CC2CN(C(=O)Cc3c(F)cccc3Cl)CCC2NC1=O. The molecule has 0 aliphatic carbocycles. The normalized spacial score (nSPS) is 26.3. The zero-order valence-electron chi connectivity index (χ0n) is 13.0. The second-order valence-electron chi connectivity index (χ2n) is 6.30. The van der Waals surface area contributed by atoms with Crippen LogP contribution in [0.25, 0.3) is 0 Å². The number of nitriles is 1. The zero-order valence-corrected chi connectivity index (χ0v) is 13.7. The lowest BCUT2D eigenvalue weighted by atomic mass is 9.80. The number of carbonyl (C=O) groups is 2. The van der Waals surface area contributed by atoms with Crippen LogP contribution in [0.1, 0.15) is 18.4 Å². The molecule has 3 rings (SSSR count). The summed E-state index contributed by atoms with van der Waals surface area (Å²) in [6, 6.07) is 6.36. The monoisotopic (exact) mass is 349 g/mol. The van der Waals surface area contributed by atoms with E-state index < -0.39 is 11.7 Å². The van der Waals surface area contributed by atoms with Crippen LogP contribution in [0.5, 0.6) is 0 Å².